The number of fused-ring (bicyclic) bond motifs is 1. The van der Waals surface area contributed by atoms with E-state index in [1.54, 1.807) is 6.92 Å². The Morgan fingerprint density at radius 1 is 1.29 bits per heavy atom. The van der Waals surface area contributed by atoms with Gasteiger partial charge in [0.15, 0.2) is 0 Å². The second kappa shape index (κ2) is 6.28. The first-order valence-electron chi connectivity index (χ1n) is 6.57. The number of carbonyl (C=O) groups is 1. The molecule has 0 saturated carbocycles. The first-order valence-corrected chi connectivity index (χ1v) is 8.47. The first kappa shape index (κ1) is 15.5. The fourth-order valence-corrected chi connectivity index (χ4v) is 2.39. The molecule has 1 aromatic carbocycles. The minimum Gasteiger partial charge on any atom is -0.460 e. The van der Waals surface area contributed by atoms with Crippen molar-refractivity contribution in [3.05, 3.63) is 36.1 Å². The van der Waals surface area contributed by atoms with Crippen molar-refractivity contribution in [3.8, 4) is 0 Å². The molecule has 2 N–H and O–H groups in total. The van der Waals surface area contributed by atoms with Crippen LogP contribution in [0.3, 0.4) is 0 Å². The van der Waals surface area contributed by atoms with Gasteiger partial charge in [0.25, 0.3) is 0 Å². The zero-order valence-corrected chi connectivity index (χ0v) is 12.7. The SMILES string of the molecule is C[C@@H](C(=O)NCCNS(C)(=O)=O)c1cc2ccccc2o1. The van der Waals surface area contributed by atoms with Gasteiger partial charge in [0, 0.05) is 18.5 Å². The molecule has 0 spiro atoms. The zero-order chi connectivity index (χ0) is 15.5. The van der Waals surface area contributed by atoms with Gasteiger partial charge in [-0.2, -0.15) is 0 Å². The van der Waals surface area contributed by atoms with Crippen LogP contribution in [0.25, 0.3) is 11.0 Å². The van der Waals surface area contributed by atoms with E-state index in [0.717, 1.165) is 17.2 Å². The summed E-state index contributed by atoms with van der Waals surface area (Å²) in [5, 5.41) is 3.62. The lowest BCUT2D eigenvalue weighted by Crippen LogP contribution is -2.35. The molecule has 0 radical (unpaired) electrons. The molecule has 1 amide bonds. The number of rotatable bonds is 6. The number of carbonyl (C=O) groups excluding carboxylic acids is 1. The molecule has 0 aliphatic carbocycles. The number of sulfonamides is 1. The van der Waals surface area contributed by atoms with E-state index in [1.165, 1.54) is 0 Å². The molecule has 21 heavy (non-hydrogen) atoms. The number of furan rings is 1. The van der Waals surface area contributed by atoms with Crippen molar-refractivity contribution in [1.29, 1.82) is 0 Å². The summed E-state index contributed by atoms with van der Waals surface area (Å²) in [6, 6.07) is 9.39. The highest BCUT2D eigenvalue weighted by Crippen LogP contribution is 2.24. The van der Waals surface area contributed by atoms with Gasteiger partial charge in [-0.3, -0.25) is 4.79 Å². The van der Waals surface area contributed by atoms with E-state index in [9.17, 15) is 13.2 Å². The van der Waals surface area contributed by atoms with E-state index in [-0.39, 0.29) is 19.0 Å². The van der Waals surface area contributed by atoms with Crippen LogP contribution >= 0.6 is 0 Å². The van der Waals surface area contributed by atoms with Crippen molar-refractivity contribution in [2.24, 2.45) is 0 Å². The van der Waals surface area contributed by atoms with Gasteiger partial charge >= 0.3 is 0 Å². The lowest BCUT2D eigenvalue weighted by Gasteiger charge is -2.10. The highest BCUT2D eigenvalue weighted by molar-refractivity contribution is 7.88. The maximum atomic E-state index is 12.0. The molecular weight excluding hydrogens is 292 g/mol. The molecule has 0 aliphatic heterocycles. The minimum absolute atomic E-state index is 0.164. The average Bonchev–Trinajstić information content (AvgIpc) is 2.85. The summed E-state index contributed by atoms with van der Waals surface area (Å²) in [5.41, 5.74) is 0.742. The van der Waals surface area contributed by atoms with Gasteiger partial charge in [0.2, 0.25) is 15.9 Å². The van der Waals surface area contributed by atoms with Crippen LogP contribution in [0.2, 0.25) is 0 Å². The number of hydrogen-bond donors (Lipinski definition) is 2. The van der Waals surface area contributed by atoms with Crippen molar-refractivity contribution in [2.45, 2.75) is 12.8 Å². The molecule has 1 atom stereocenters. The molecule has 114 valence electrons. The summed E-state index contributed by atoms with van der Waals surface area (Å²) in [7, 11) is -3.23. The van der Waals surface area contributed by atoms with E-state index in [1.807, 2.05) is 30.3 Å². The monoisotopic (exact) mass is 310 g/mol. The molecule has 0 bridgehead atoms. The van der Waals surface area contributed by atoms with Gasteiger partial charge in [-0.15, -0.1) is 0 Å². The van der Waals surface area contributed by atoms with Crippen LogP contribution in [0, 0.1) is 0 Å². The second-order valence-electron chi connectivity index (χ2n) is 4.87. The van der Waals surface area contributed by atoms with Crippen LogP contribution in [0.4, 0.5) is 0 Å². The van der Waals surface area contributed by atoms with Crippen LogP contribution in [0.15, 0.2) is 34.7 Å². The van der Waals surface area contributed by atoms with Gasteiger partial charge < -0.3 is 9.73 Å². The maximum absolute atomic E-state index is 12.0. The molecule has 2 aromatic rings. The van der Waals surface area contributed by atoms with Crippen LogP contribution in [0.1, 0.15) is 18.6 Å². The zero-order valence-electron chi connectivity index (χ0n) is 11.9. The van der Waals surface area contributed by atoms with Gasteiger partial charge in [0.05, 0.1) is 12.2 Å². The first-order chi connectivity index (χ1) is 9.87. The molecule has 0 saturated heterocycles. The number of benzene rings is 1. The summed E-state index contributed by atoms with van der Waals surface area (Å²) >= 11 is 0. The van der Waals surface area contributed by atoms with Gasteiger partial charge in [0.1, 0.15) is 11.3 Å². The molecule has 0 unspecified atom stereocenters. The molecule has 1 aromatic heterocycles. The maximum Gasteiger partial charge on any atom is 0.230 e. The van der Waals surface area contributed by atoms with Gasteiger partial charge in [-0.05, 0) is 19.1 Å². The van der Waals surface area contributed by atoms with Crippen molar-refractivity contribution >= 4 is 26.9 Å². The number of hydrogen-bond acceptors (Lipinski definition) is 4. The third kappa shape index (κ3) is 4.30. The van der Waals surface area contributed by atoms with Gasteiger partial charge in [-0.1, -0.05) is 18.2 Å². The molecule has 2 rings (SSSR count). The van der Waals surface area contributed by atoms with Crippen LogP contribution in [-0.2, 0) is 14.8 Å². The van der Waals surface area contributed by atoms with E-state index >= 15 is 0 Å². The second-order valence-corrected chi connectivity index (χ2v) is 6.70. The van der Waals surface area contributed by atoms with E-state index in [2.05, 4.69) is 10.0 Å². The van der Waals surface area contributed by atoms with Crippen LogP contribution in [-0.4, -0.2) is 33.7 Å². The lowest BCUT2D eigenvalue weighted by atomic mass is 10.1. The van der Waals surface area contributed by atoms with Crippen LogP contribution in [0.5, 0.6) is 0 Å². The Morgan fingerprint density at radius 2 is 2.00 bits per heavy atom. The third-order valence-electron chi connectivity index (χ3n) is 3.05. The third-order valence-corrected chi connectivity index (χ3v) is 3.78. The quantitative estimate of drug-likeness (QED) is 0.785. The lowest BCUT2D eigenvalue weighted by molar-refractivity contribution is -0.122. The fraction of sp³-hybridized carbons (Fsp3) is 0.357. The molecular formula is C14H18N2O4S. The smallest absolute Gasteiger partial charge is 0.230 e. The molecule has 0 fully saturated rings. The summed E-state index contributed by atoms with van der Waals surface area (Å²) in [6.07, 6.45) is 1.08. The average molecular weight is 310 g/mol. The molecule has 6 nitrogen and oxygen atoms in total. The predicted molar refractivity (Wildman–Crippen MR) is 80.5 cm³/mol. The highest BCUT2D eigenvalue weighted by Gasteiger charge is 2.19. The van der Waals surface area contributed by atoms with E-state index in [0.29, 0.717) is 5.76 Å². The Labute approximate surface area is 123 Å². The Bertz CT molecular complexity index is 703. The largest absolute Gasteiger partial charge is 0.460 e. The van der Waals surface area contributed by atoms with E-state index in [4.69, 9.17) is 4.42 Å². The molecule has 0 aliphatic rings. The van der Waals surface area contributed by atoms with Crippen molar-refractivity contribution in [2.75, 3.05) is 19.3 Å². The number of nitrogens with one attached hydrogen (secondary N) is 2. The van der Waals surface area contributed by atoms with Crippen LogP contribution < -0.4 is 10.0 Å². The Balaban J connectivity index is 1.93. The predicted octanol–water partition coefficient (Wildman–Crippen LogP) is 1.20. The molecule has 7 heteroatoms. The van der Waals surface area contributed by atoms with Crippen molar-refractivity contribution in [3.63, 3.8) is 0 Å². The topological polar surface area (TPSA) is 88.4 Å². The summed E-state index contributed by atoms with van der Waals surface area (Å²) in [4.78, 5) is 12.0. The standard InChI is InChI=1S/C14H18N2O4S/c1-10(14(17)15-7-8-16-21(2,18)19)13-9-11-5-3-4-6-12(11)20-13/h3-6,9-10,16H,7-8H2,1-2H3,(H,15,17)/t10-/m1/s1. The number of amides is 1. The number of para-hydroxylation sites is 1. The fourth-order valence-electron chi connectivity index (χ4n) is 1.92. The summed E-state index contributed by atoms with van der Waals surface area (Å²) in [6.45, 7) is 2.14. The molecule has 1 heterocycles. The summed E-state index contributed by atoms with van der Waals surface area (Å²) in [5.74, 6) is -0.0511. The Morgan fingerprint density at radius 3 is 2.67 bits per heavy atom. The highest BCUT2D eigenvalue weighted by atomic mass is 32.2. The van der Waals surface area contributed by atoms with Crippen molar-refractivity contribution in [1.82, 2.24) is 10.0 Å². The summed E-state index contributed by atoms with van der Waals surface area (Å²) < 4.78 is 29.7. The normalized spacial score (nSPS) is 13.2. The van der Waals surface area contributed by atoms with Crippen molar-refractivity contribution < 1.29 is 17.6 Å². The minimum atomic E-state index is -3.23. The Kier molecular flexibility index (Phi) is 4.64. The van der Waals surface area contributed by atoms with E-state index < -0.39 is 15.9 Å². The van der Waals surface area contributed by atoms with Gasteiger partial charge in [-0.25, -0.2) is 13.1 Å². The Hall–Kier alpha value is -1.86.